The number of aliphatic hydroxyl groups excluding tert-OH is 1. The van der Waals surface area contributed by atoms with Crippen LogP contribution in [0.2, 0.25) is 0 Å². The molecule has 0 spiro atoms. The SMILES string of the molecule is O=C(CN1CCCC1)N1CCN(CC(O)c2ccc(F)cc2)CC1. The van der Waals surface area contributed by atoms with Crippen molar-refractivity contribution in [2.45, 2.75) is 18.9 Å². The van der Waals surface area contributed by atoms with Gasteiger partial charge in [-0.1, -0.05) is 12.1 Å². The molecule has 6 heteroatoms. The Kier molecular flexibility index (Phi) is 5.81. The molecule has 0 bridgehead atoms. The van der Waals surface area contributed by atoms with Gasteiger partial charge in [-0.25, -0.2) is 4.39 Å². The summed E-state index contributed by atoms with van der Waals surface area (Å²) in [4.78, 5) is 18.6. The lowest BCUT2D eigenvalue weighted by Gasteiger charge is -2.36. The lowest BCUT2D eigenvalue weighted by Crippen LogP contribution is -2.51. The summed E-state index contributed by atoms with van der Waals surface area (Å²) in [5, 5.41) is 10.3. The van der Waals surface area contributed by atoms with E-state index in [4.69, 9.17) is 0 Å². The van der Waals surface area contributed by atoms with Crippen LogP contribution in [0, 0.1) is 5.82 Å². The van der Waals surface area contributed by atoms with Crippen LogP contribution >= 0.6 is 0 Å². The van der Waals surface area contributed by atoms with E-state index in [1.54, 1.807) is 12.1 Å². The van der Waals surface area contributed by atoms with Gasteiger partial charge in [0.05, 0.1) is 12.6 Å². The van der Waals surface area contributed by atoms with E-state index in [2.05, 4.69) is 9.80 Å². The van der Waals surface area contributed by atoms with E-state index in [9.17, 15) is 14.3 Å². The van der Waals surface area contributed by atoms with Crippen molar-refractivity contribution in [2.75, 3.05) is 52.4 Å². The van der Waals surface area contributed by atoms with Gasteiger partial charge in [-0.05, 0) is 43.6 Å². The Balaban J connectivity index is 1.42. The number of rotatable bonds is 5. The number of aliphatic hydroxyl groups is 1. The van der Waals surface area contributed by atoms with Crippen LogP contribution in [0.1, 0.15) is 24.5 Å². The van der Waals surface area contributed by atoms with Gasteiger partial charge in [0.1, 0.15) is 5.82 Å². The molecule has 2 saturated heterocycles. The molecule has 2 aliphatic heterocycles. The average Bonchev–Trinajstić information content (AvgIpc) is 3.09. The minimum Gasteiger partial charge on any atom is -0.387 e. The van der Waals surface area contributed by atoms with Crippen molar-refractivity contribution >= 4 is 5.91 Å². The fourth-order valence-electron chi connectivity index (χ4n) is 3.45. The second kappa shape index (κ2) is 8.05. The van der Waals surface area contributed by atoms with Crippen LogP contribution in [0.5, 0.6) is 0 Å². The molecule has 1 unspecified atom stereocenters. The van der Waals surface area contributed by atoms with Gasteiger partial charge in [0.15, 0.2) is 0 Å². The molecule has 5 nitrogen and oxygen atoms in total. The number of hydrogen-bond donors (Lipinski definition) is 1. The quantitative estimate of drug-likeness (QED) is 0.875. The third-order valence-corrected chi connectivity index (χ3v) is 4.97. The Bertz CT molecular complexity index is 538. The number of nitrogens with zero attached hydrogens (tertiary/aromatic N) is 3. The Morgan fingerprint density at radius 1 is 1.00 bits per heavy atom. The predicted octanol–water partition coefficient (Wildman–Crippen LogP) is 1.10. The third-order valence-electron chi connectivity index (χ3n) is 4.97. The van der Waals surface area contributed by atoms with Crippen LogP contribution in [0.25, 0.3) is 0 Å². The number of hydrogen-bond acceptors (Lipinski definition) is 4. The monoisotopic (exact) mass is 335 g/mol. The van der Waals surface area contributed by atoms with E-state index in [0.29, 0.717) is 26.2 Å². The van der Waals surface area contributed by atoms with Gasteiger partial charge in [0.25, 0.3) is 0 Å². The Hall–Kier alpha value is -1.50. The first-order chi connectivity index (χ1) is 11.6. The van der Waals surface area contributed by atoms with Crippen LogP contribution < -0.4 is 0 Å². The highest BCUT2D eigenvalue weighted by molar-refractivity contribution is 5.78. The molecule has 0 saturated carbocycles. The standard InChI is InChI=1S/C18H26FN3O2/c19-16-5-3-15(4-6-16)17(23)13-21-9-11-22(12-10-21)18(24)14-20-7-1-2-8-20/h3-6,17,23H,1-2,7-14H2. The van der Waals surface area contributed by atoms with Crippen molar-refractivity contribution in [3.05, 3.63) is 35.6 Å². The van der Waals surface area contributed by atoms with Gasteiger partial charge in [-0.3, -0.25) is 14.6 Å². The normalized spacial score (nSPS) is 21.2. The van der Waals surface area contributed by atoms with Gasteiger partial charge >= 0.3 is 0 Å². The minimum absolute atomic E-state index is 0.218. The topological polar surface area (TPSA) is 47.0 Å². The highest BCUT2D eigenvalue weighted by Gasteiger charge is 2.25. The van der Waals surface area contributed by atoms with Gasteiger partial charge in [0, 0.05) is 32.7 Å². The van der Waals surface area contributed by atoms with Gasteiger partial charge in [0.2, 0.25) is 5.91 Å². The first-order valence-corrected chi connectivity index (χ1v) is 8.78. The van der Waals surface area contributed by atoms with Crippen LogP contribution in [-0.4, -0.2) is 78.1 Å². The van der Waals surface area contributed by atoms with Crippen molar-refractivity contribution < 1.29 is 14.3 Å². The molecule has 0 aromatic heterocycles. The minimum atomic E-state index is -0.627. The molecule has 2 fully saturated rings. The lowest BCUT2D eigenvalue weighted by atomic mass is 10.1. The molecule has 1 aromatic carbocycles. The molecule has 0 radical (unpaired) electrons. The number of carbonyl (C=O) groups is 1. The first kappa shape index (κ1) is 17.3. The summed E-state index contributed by atoms with van der Waals surface area (Å²) in [5.74, 6) is -0.0771. The Morgan fingerprint density at radius 2 is 1.62 bits per heavy atom. The van der Waals surface area contributed by atoms with Crippen molar-refractivity contribution in [1.29, 1.82) is 0 Å². The largest absolute Gasteiger partial charge is 0.387 e. The summed E-state index contributed by atoms with van der Waals surface area (Å²) < 4.78 is 12.9. The number of benzene rings is 1. The molecule has 2 heterocycles. The van der Waals surface area contributed by atoms with Gasteiger partial charge in [-0.15, -0.1) is 0 Å². The molecule has 1 N–H and O–H groups in total. The van der Waals surface area contributed by atoms with E-state index >= 15 is 0 Å². The number of carbonyl (C=O) groups excluding carboxylic acids is 1. The number of halogens is 1. The maximum Gasteiger partial charge on any atom is 0.236 e. The van der Waals surface area contributed by atoms with E-state index < -0.39 is 6.10 Å². The molecule has 1 atom stereocenters. The maximum atomic E-state index is 12.9. The molecule has 24 heavy (non-hydrogen) atoms. The molecule has 3 rings (SSSR count). The zero-order chi connectivity index (χ0) is 16.9. The summed E-state index contributed by atoms with van der Waals surface area (Å²) in [6.07, 6.45) is 1.77. The summed E-state index contributed by atoms with van der Waals surface area (Å²) in [5.41, 5.74) is 0.726. The van der Waals surface area contributed by atoms with Crippen LogP contribution in [0.3, 0.4) is 0 Å². The second-order valence-corrected chi connectivity index (χ2v) is 6.73. The molecular formula is C18H26FN3O2. The summed E-state index contributed by atoms with van der Waals surface area (Å²) in [6, 6.07) is 5.98. The number of likely N-dealkylation sites (tertiary alicyclic amines) is 1. The van der Waals surface area contributed by atoms with E-state index in [1.807, 2.05) is 4.90 Å². The van der Waals surface area contributed by atoms with Crippen LogP contribution in [0.4, 0.5) is 4.39 Å². The maximum absolute atomic E-state index is 12.9. The number of β-amino-alcohol motifs (C(OH)–C–C–N with tert-alkyl or cyclic N) is 1. The zero-order valence-electron chi connectivity index (χ0n) is 14.0. The Labute approximate surface area is 142 Å². The van der Waals surface area contributed by atoms with Crippen LogP contribution in [0.15, 0.2) is 24.3 Å². The van der Waals surface area contributed by atoms with Crippen molar-refractivity contribution in [3.63, 3.8) is 0 Å². The fourth-order valence-corrected chi connectivity index (χ4v) is 3.45. The van der Waals surface area contributed by atoms with E-state index in [-0.39, 0.29) is 11.7 Å². The summed E-state index contributed by atoms with van der Waals surface area (Å²) >= 11 is 0. The predicted molar refractivity (Wildman–Crippen MR) is 90.1 cm³/mol. The van der Waals surface area contributed by atoms with Crippen molar-refractivity contribution in [3.8, 4) is 0 Å². The Morgan fingerprint density at radius 3 is 2.25 bits per heavy atom. The highest BCUT2D eigenvalue weighted by Crippen LogP contribution is 2.16. The molecule has 1 aromatic rings. The molecule has 1 amide bonds. The zero-order valence-corrected chi connectivity index (χ0v) is 14.0. The van der Waals surface area contributed by atoms with E-state index in [1.165, 1.54) is 25.0 Å². The highest BCUT2D eigenvalue weighted by atomic mass is 19.1. The molecule has 0 aliphatic carbocycles. The molecule has 132 valence electrons. The third kappa shape index (κ3) is 4.53. The molecular weight excluding hydrogens is 309 g/mol. The average molecular weight is 335 g/mol. The fraction of sp³-hybridized carbons (Fsp3) is 0.611. The van der Waals surface area contributed by atoms with Gasteiger partial charge in [-0.2, -0.15) is 0 Å². The van der Waals surface area contributed by atoms with Crippen LogP contribution in [-0.2, 0) is 4.79 Å². The second-order valence-electron chi connectivity index (χ2n) is 6.73. The summed E-state index contributed by atoms with van der Waals surface area (Å²) in [7, 11) is 0. The van der Waals surface area contributed by atoms with Crippen molar-refractivity contribution in [2.24, 2.45) is 0 Å². The number of amides is 1. The summed E-state index contributed by atoms with van der Waals surface area (Å²) in [6.45, 7) is 6.09. The number of piperazine rings is 1. The van der Waals surface area contributed by atoms with E-state index in [0.717, 1.165) is 31.7 Å². The smallest absolute Gasteiger partial charge is 0.236 e. The first-order valence-electron chi connectivity index (χ1n) is 8.78. The van der Waals surface area contributed by atoms with Gasteiger partial charge < -0.3 is 10.0 Å². The molecule has 2 aliphatic rings. The lowest BCUT2D eigenvalue weighted by molar-refractivity contribution is -0.134. The van der Waals surface area contributed by atoms with Crippen molar-refractivity contribution in [1.82, 2.24) is 14.7 Å².